The van der Waals surface area contributed by atoms with Gasteiger partial charge in [-0.15, -0.1) is 11.3 Å². The molecule has 1 atom stereocenters. The summed E-state index contributed by atoms with van der Waals surface area (Å²) < 4.78 is 6.75. The fourth-order valence-corrected chi connectivity index (χ4v) is 4.36. The van der Waals surface area contributed by atoms with Gasteiger partial charge in [-0.2, -0.15) is 0 Å². The smallest absolute Gasteiger partial charge is 0.307 e. The molecule has 6 heteroatoms. The zero-order chi connectivity index (χ0) is 22.5. The molecule has 0 saturated heterocycles. The summed E-state index contributed by atoms with van der Waals surface area (Å²) in [5.74, 6) is -0.813. The summed E-state index contributed by atoms with van der Waals surface area (Å²) in [5, 5.41) is 3.79. The fraction of sp³-hybridized carbons (Fsp3) is 0.192. The van der Waals surface area contributed by atoms with Crippen LogP contribution in [0.15, 0.2) is 72.8 Å². The standard InChI is InChI=1S/C26H24N2O3S/c1-17-12-13-18(2)21(16-17)28-26(30)25(19-8-4-3-5-9-19)31-24(29)15-14-23-27-20-10-6-7-11-22(20)32-23/h3-13,16,25H,14-15H2,1-2H3,(H,28,30)/t25-/m1/s1. The first-order chi connectivity index (χ1) is 15.5. The van der Waals surface area contributed by atoms with Gasteiger partial charge in [0, 0.05) is 17.7 Å². The lowest BCUT2D eigenvalue weighted by Gasteiger charge is -2.19. The molecule has 0 radical (unpaired) electrons. The number of thiazole rings is 1. The number of hydrogen-bond donors (Lipinski definition) is 1. The summed E-state index contributed by atoms with van der Waals surface area (Å²) in [6.45, 7) is 3.89. The molecule has 1 heterocycles. The topological polar surface area (TPSA) is 68.3 Å². The highest BCUT2D eigenvalue weighted by molar-refractivity contribution is 7.18. The molecule has 1 N–H and O–H groups in total. The molecule has 0 aliphatic rings. The Morgan fingerprint density at radius 1 is 1.00 bits per heavy atom. The number of amides is 1. The zero-order valence-corrected chi connectivity index (χ0v) is 18.8. The molecular weight excluding hydrogens is 420 g/mol. The third kappa shape index (κ3) is 5.21. The molecule has 0 fully saturated rings. The Hall–Kier alpha value is -3.51. The molecule has 0 aliphatic carbocycles. The van der Waals surface area contributed by atoms with Gasteiger partial charge < -0.3 is 10.1 Å². The minimum Gasteiger partial charge on any atom is -0.447 e. The number of fused-ring (bicyclic) bond motifs is 1. The SMILES string of the molecule is Cc1ccc(C)c(NC(=O)[C@H](OC(=O)CCc2nc3ccccc3s2)c2ccccc2)c1. The third-order valence-electron chi connectivity index (χ3n) is 5.12. The first-order valence-electron chi connectivity index (χ1n) is 10.5. The van der Waals surface area contributed by atoms with Crippen molar-refractivity contribution in [2.45, 2.75) is 32.8 Å². The lowest BCUT2D eigenvalue weighted by molar-refractivity contribution is -0.154. The highest BCUT2D eigenvalue weighted by Crippen LogP contribution is 2.25. The summed E-state index contributed by atoms with van der Waals surface area (Å²) >= 11 is 1.57. The second kappa shape index (κ2) is 9.75. The minimum atomic E-state index is -1.03. The van der Waals surface area contributed by atoms with E-state index in [4.69, 9.17) is 4.74 Å². The van der Waals surface area contributed by atoms with E-state index in [1.165, 1.54) is 0 Å². The Labute approximate surface area is 191 Å². The quantitative estimate of drug-likeness (QED) is 0.368. The summed E-state index contributed by atoms with van der Waals surface area (Å²) in [5.41, 5.74) is 4.24. The number of rotatable bonds is 7. The molecule has 0 spiro atoms. The van der Waals surface area contributed by atoms with Crippen LogP contribution in [0.5, 0.6) is 0 Å². The number of carbonyl (C=O) groups excluding carboxylic acids is 2. The maximum Gasteiger partial charge on any atom is 0.307 e. The highest BCUT2D eigenvalue weighted by Gasteiger charge is 2.25. The van der Waals surface area contributed by atoms with Crippen LogP contribution >= 0.6 is 11.3 Å². The van der Waals surface area contributed by atoms with Gasteiger partial charge in [-0.05, 0) is 43.2 Å². The molecule has 4 aromatic rings. The third-order valence-corrected chi connectivity index (χ3v) is 6.22. The first-order valence-corrected chi connectivity index (χ1v) is 11.3. The van der Waals surface area contributed by atoms with Crippen LogP contribution in [-0.4, -0.2) is 16.9 Å². The number of hydrogen-bond acceptors (Lipinski definition) is 5. The molecule has 1 aromatic heterocycles. The highest BCUT2D eigenvalue weighted by atomic mass is 32.1. The van der Waals surface area contributed by atoms with Gasteiger partial charge in [0.05, 0.1) is 21.6 Å². The van der Waals surface area contributed by atoms with E-state index in [9.17, 15) is 9.59 Å². The van der Waals surface area contributed by atoms with Crippen LogP contribution in [0.4, 0.5) is 5.69 Å². The van der Waals surface area contributed by atoms with Gasteiger partial charge >= 0.3 is 5.97 Å². The molecule has 0 aliphatic heterocycles. The Morgan fingerprint density at radius 3 is 2.53 bits per heavy atom. The number of ether oxygens (including phenoxy) is 1. The van der Waals surface area contributed by atoms with E-state index in [0.29, 0.717) is 17.7 Å². The van der Waals surface area contributed by atoms with E-state index in [2.05, 4.69) is 10.3 Å². The van der Waals surface area contributed by atoms with Gasteiger partial charge in [-0.25, -0.2) is 4.98 Å². The lowest BCUT2D eigenvalue weighted by Crippen LogP contribution is -2.26. The summed E-state index contributed by atoms with van der Waals surface area (Å²) in [7, 11) is 0. The maximum absolute atomic E-state index is 13.1. The number of aromatic nitrogens is 1. The Bertz CT molecular complexity index is 1220. The van der Waals surface area contributed by atoms with Crippen molar-refractivity contribution in [2.24, 2.45) is 0 Å². The molecule has 1 amide bonds. The van der Waals surface area contributed by atoms with Crippen LogP contribution in [-0.2, 0) is 20.7 Å². The summed E-state index contributed by atoms with van der Waals surface area (Å²) in [6.07, 6.45) is -0.406. The van der Waals surface area contributed by atoms with E-state index < -0.39 is 12.1 Å². The number of para-hydroxylation sites is 1. The molecule has 162 valence electrons. The maximum atomic E-state index is 13.1. The number of carbonyl (C=O) groups is 2. The molecule has 0 bridgehead atoms. The summed E-state index contributed by atoms with van der Waals surface area (Å²) in [6, 6.07) is 22.8. The van der Waals surface area contributed by atoms with Gasteiger partial charge in [-0.1, -0.05) is 54.6 Å². The zero-order valence-electron chi connectivity index (χ0n) is 18.0. The van der Waals surface area contributed by atoms with E-state index in [1.807, 2.05) is 74.5 Å². The molecule has 5 nitrogen and oxygen atoms in total. The van der Waals surface area contributed by atoms with Crippen LogP contribution in [0.25, 0.3) is 10.2 Å². The largest absolute Gasteiger partial charge is 0.447 e. The van der Waals surface area contributed by atoms with Crippen molar-refractivity contribution in [3.8, 4) is 0 Å². The number of nitrogens with one attached hydrogen (secondary N) is 1. The van der Waals surface area contributed by atoms with Gasteiger partial charge in [0.25, 0.3) is 5.91 Å². The molecule has 3 aromatic carbocycles. The Morgan fingerprint density at radius 2 is 1.75 bits per heavy atom. The van der Waals surface area contributed by atoms with E-state index >= 15 is 0 Å². The Balaban J connectivity index is 1.47. The van der Waals surface area contributed by atoms with E-state index in [1.54, 1.807) is 23.5 Å². The average Bonchev–Trinajstić information content (AvgIpc) is 3.22. The predicted octanol–water partition coefficient (Wildman–Crippen LogP) is 5.77. The van der Waals surface area contributed by atoms with Crippen molar-refractivity contribution in [3.63, 3.8) is 0 Å². The lowest BCUT2D eigenvalue weighted by atomic mass is 10.1. The van der Waals surface area contributed by atoms with Gasteiger partial charge in [0.15, 0.2) is 0 Å². The van der Waals surface area contributed by atoms with Crippen molar-refractivity contribution in [1.29, 1.82) is 0 Å². The first kappa shape index (κ1) is 21.7. The van der Waals surface area contributed by atoms with E-state index in [-0.39, 0.29) is 12.3 Å². The van der Waals surface area contributed by atoms with Crippen molar-refractivity contribution in [2.75, 3.05) is 5.32 Å². The molecule has 32 heavy (non-hydrogen) atoms. The van der Waals surface area contributed by atoms with Gasteiger partial charge in [0.2, 0.25) is 6.10 Å². The molecular formula is C26H24N2O3S. The van der Waals surface area contributed by atoms with E-state index in [0.717, 1.165) is 26.4 Å². The number of aryl methyl sites for hydroxylation is 3. The number of benzene rings is 3. The average molecular weight is 445 g/mol. The predicted molar refractivity (Wildman–Crippen MR) is 128 cm³/mol. The van der Waals surface area contributed by atoms with Crippen LogP contribution < -0.4 is 5.32 Å². The number of nitrogens with zero attached hydrogens (tertiary/aromatic N) is 1. The van der Waals surface area contributed by atoms with Crippen molar-refractivity contribution < 1.29 is 14.3 Å². The van der Waals surface area contributed by atoms with Crippen molar-refractivity contribution >= 4 is 39.1 Å². The van der Waals surface area contributed by atoms with Crippen LogP contribution in [0, 0.1) is 13.8 Å². The van der Waals surface area contributed by atoms with Crippen LogP contribution in [0.2, 0.25) is 0 Å². The molecule has 0 unspecified atom stereocenters. The number of anilines is 1. The van der Waals surface area contributed by atoms with Gasteiger partial charge in [0.1, 0.15) is 0 Å². The normalized spacial score (nSPS) is 11.8. The minimum absolute atomic E-state index is 0.153. The van der Waals surface area contributed by atoms with Gasteiger partial charge in [-0.3, -0.25) is 9.59 Å². The van der Waals surface area contributed by atoms with Crippen LogP contribution in [0.1, 0.15) is 34.2 Å². The fourth-order valence-electron chi connectivity index (χ4n) is 3.40. The second-order valence-electron chi connectivity index (χ2n) is 7.66. The van der Waals surface area contributed by atoms with Crippen LogP contribution in [0.3, 0.4) is 0 Å². The van der Waals surface area contributed by atoms with Crippen molar-refractivity contribution in [3.05, 3.63) is 94.5 Å². The monoisotopic (exact) mass is 444 g/mol. The number of esters is 1. The molecule has 0 saturated carbocycles. The molecule has 4 rings (SSSR count). The summed E-state index contributed by atoms with van der Waals surface area (Å²) in [4.78, 5) is 30.3. The van der Waals surface area contributed by atoms with Crippen molar-refractivity contribution in [1.82, 2.24) is 4.98 Å². The second-order valence-corrected chi connectivity index (χ2v) is 8.78. The Kier molecular flexibility index (Phi) is 6.61.